The Labute approximate surface area is 105 Å². The number of anilines is 1. The average Bonchev–Trinajstić information content (AvgIpc) is 2.65. The van der Waals surface area contributed by atoms with Gasteiger partial charge in [-0.15, -0.1) is 0 Å². The van der Waals surface area contributed by atoms with Gasteiger partial charge in [-0.3, -0.25) is 0 Å². The van der Waals surface area contributed by atoms with Crippen molar-refractivity contribution in [2.45, 2.75) is 13.8 Å². The van der Waals surface area contributed by atoms with Crippen LogP contribution in [0.2, 0.25) is 5.15 Å². The highest BCUT2D eigenvalue weighted by Crippen LogP contribution is 2.27. The lowest BCUT2D eigenvalue weighted by Gasteiger charge is -2.17. The van der Waals surface area contributed by atoms with Gasteiger partial charge in [-0.2, -0.15) is 9.64 Å². The predicted octanol–water partition coefficient (Wildman–Crippen LogP) is 2.42. The molecular formula is C10H15ClN4S. The SMILES string of the molecule is CCN(CC)CCNc1snc(Cl)c1C#N. The number of rotatable bonds is 6. The summed E-state index contributed by atoms with van der Waals surface area (Å²) >= 11 is 7.00. The van der Waals surface area contributed by atoms with E-state index in [0.717, 1.165) is 31.2 Å². The number of aromatic nitrogens is 1. The fraction of sp³-hybridized carbons (Fsp3) is 0.600. The molecule has 1 aromatic rings. The van der Waals surface area contributed by atoms with Crippen LogP contribution in [0.15, 0.2) is 0 Å². The van der Waals surface area contributed by atoms with Crippen LogP contribution in [0.25, 0.3) is 0 Å². The van der Waals surface area contributed by atoms with E-state index in [1.54, 1.807) is 0 Å². The van der Waals surface area contributed by atoms with Gasteiger partial charge >= 0.3 is 0 Å². The van der Waals surface area contributed by atoms with Crippen molar-refractivity contribution in [1.82, 2.24) is 9.27 Å². The van der Waals surface area contributed by atoms with E-state index in [0.29, 0.717) is 5.56 Å². The highest BCUT2D eigenvalue weighted by atomic mass is 35.5. The van der Waals surface area contributed by atoms with E-state index >= 15 is 0 Å². The molecular weight excluding hydrogens is 244 g/mol. The normalized spacial score (nSPS) is 10.4. The monoisotopic (exact) mass is 258 g/mol. The Morgan fingerprint density at radius 1 is 1.50 bits per heavy atom. The fourth-order valence-corrected chi connectivity index (χ4v) is 2.31. The zero-order valence-corrected chi connectivity index (χ0v) is 11.0. The number of nitrogens with zero attached hydrogens (tertiary/aromatic N) is 3. The molecule has 4 nitrogen and oxygen atoms in total. The lowest BCUT2D eigenvalue weighted by molar-refractivity contribution is 0.316. The molecule has 1 heterocycles. The number of nitriles is 1. The highest BCUT2D eigenvalue weighted by molar-refractivity contribution is 7.10. The van der Waals surface area contributed by atoms with E-state index in [-0.39, 0.29) is 5.15 Å². The van der Waals surface area contributed by atoms with E-state index in [4.69, 9.17) is 16.9 Å². The van der Waals surface area contributed by atoms with Gasteiger partial charge < -0.3 is 10.2 Å². The van der Waals surface area contributed by atoms with Gasteiger partial charge in [0.1, 0.15) is 16.6 Å². The molecule has 0 aromatic carbocycles. The third-order valence-electron chi connectivity index (χ3n) is 2.37. The molecule has 0 spiro atoms. The van der Waals surface area contributed by atoms with E-state index in [2.05, 4.69) is 28.4 Å². The third kappa shape index (κ3) is 3.34. The second-order valence-corrected chi connectivity index (χ2v) is 4.37. The fourth-order valence-electron chi connectivity index (χ4n) is 1.36. The number of halogens is 1. The number of hydrogen-bond acceptors (Lipinski definition) is 5. The van der Waals surface area contributed by atoms with Crippen LogP contribution in [0, 0.1) is 11.3 Å². The molecule has 88 valence electrons. The molecule has 6 heteroatoms. The van der Waals surface area contributed by atoms with Crippen molar-refractivity contribution in [3.8, 4) is 6.07 Å². The van der Waals surface area contributed by atoms with Crippen molar-refractivity contribution in [2.24, 2.45) is 0 Å². The second-order valence-electron chi connectivity index (χ2n) is 3.24. The Bertz CT molecular complexity index is 367. The summed E-state index contributed by atoms with van der Waals surface area (Å²) in [6.07, 6.45) is 0. The van der Waals surface area contributed by atoms with Crippen molar-refractivity contribution in [1.29, 1.82) is 5.26 Å². The molecule has 0 atom stereocenters. The minimum absolute atomic E-state index is 0.290. The minimum atomic E-state index is 0.290. The van der Waals surface area contributed by atoms with Crippen molar-refractivity contribution < 1.29 is 0 Å². The first-order valence-electron chi connectivity index (χ1n) is 5.24. The maximum atomic E-state index is 8.87. The molecule has 0 fully saturated rings. The first-order valence-corrected chi connectivity index (χ1v) is 6.39. The van der Waals surface area contributed by atoms with Gasteiger partial charge in [0.25, 0.3) is 0 Å². The van der Waals surface area contributed by atoms with Crippen molar-refractivity contribution in [3.05, 3.63) is 10.7 Å². The molecule has 0 saturated heterocycles. The second kappa shape index (κ2) is 6.69. The molecule has 0 unspecified atom stereocenters. The van der Waals surface area contributed by atoms with Crippen LogP contribution in [0.5, 0.6) is 0 Å². The Hall–Kier alpha value is -0.830. The van der Waals surface area contributed by atoms with Gasteiger partial charge in [0.2, 0.25) is 0 Å². The Kier molecular flexibility index (Phi) is 5.53. The Balaban J connectivity index is 2.46. The Morgan fingerprint density at radius 2 is 2.19 bits per heavy atom. The number of hydrogen-bond donors (Lipinski definition) is 1. The summed E-state index contributed by atoms with van der Waals surface area (Å²) in [5.74, 6) is 0. The van der Waals surface area contributed by atoms with Crippen LogP contribution in [0.4, 0.5) is 5.00 Å². The van der Waals surface area contributed by atoms with E-state index < -0.39 is 0 Å². The maximum absolute atomic E-state index is 8.87. The van der Waals surface area contributed by atoms with Crippen LogP contribution in [-0.2, 0) is 0 Å². The number of likely N-dealkylation sites (N-methyl/N-ethyl adjacent to an activating group) is 1. The molecule has 0 saturated carbocycles. The molecule has 16 heavy (non-hydrogen) atoms. The van der Waals surface area contributed by atoms with Crippen molar-refractivity contribution in [3.63, 3.8) is 0 Å². The first kappa shape index (κ1) is 13.2. The molecule has 0 amide bonds. The minimum Gasteiger partial charge on any atom is -0.373 e. The van der Waals surface area contributed by atoms with Gasteiger partial charge in [0, 0.05) is 13.1 Å². The molecule has 0 aliphatic rings. The van der Waals surface area contributed by atoms with E-state index in [1.807, 2.05) is 6.07 Å². The number of nitrogens with one attached hydrogen (secondary N) is 1. The van der Waals surface area contributed by atoms with Crippen LogP contribution in [0.3, 0.4) is 0 Å². The van der Waals surface area contributed by atoms with E-state index in [9.17, 15) is 0 Å². The lowest BCUT2D eigenvalue weighted by atomic mass is 10.4. The van der Waals surface area contributed by atoms with E-state index in [1.165, 1.54) is 11.5 Å². The van der Waals surface area contributed by atoms with Gasteiger partial charge in [-0.05, 0) is 24.6 Å². The third-order valence-corrected chi connectivity index (χ3v) is 3.55. The summed E-state index contributed by atoms with van der Waals surface area (Å²) in [5.41, 5.74) is 0.450. The molecule has 0 aliphatic carbocycles. The van der Waals surface area contributed by atoms with Crippen molar-refractivity contribution in [2.75, 3.05) is 31.5 Å². The topological polar surface area (TPSA) is 52.0 Å². The highest BCUT2D eigenvalue weighted by Gasteiger charge is 2.11. The van der Waals surface area contributed by atoms with Gasteiger partial charge in [-0.1, -0.05) is 25.4 Å². The van der Waals surface area contributed by atoms with Crippen molar-refractivity contribution >= 4 is 28.1 Å². The molecule has 1 rings (SSSR count). The first-order chi connectivity index (χ1) is 7.72. The zero-order valence-electron chi connectivity index (χ0n) is 9.46. The quantitative estimate of drug-likeness (QED) is 0.852. The summed E-state index contributed by atoms with van der Waals surface area (Å²) in [6, 6.07) is 2.05. The maximum Gasteiger partial charge on any atom is 0.162 e. The Morgan fingerprint density at radius 3 is 2.75 bits per heavy atom. The summed E-state index contributed by atoms with van der Waals surface area (Å²) in [5, 5.41) is 13.1. The van der Waals surface area contributed by atoms with Gasteiger partial charge in [-0.25, -0.2) is 0 Å². The smallest absolute Gasteiger partial charge is 0.162 e. The van der Waals surface area contributed by atoms with Gasteiger partial charge in [0.15, 0.2) is 5.15 Å². The standard InChI is InChI=1S/C10H15ClN4S/c1-3-15(4-2)6-5-13-10-8(7-12)9(11)14-16-10/h13H,3-6H2,1-2H3. The van der Waals surface area contributed by atoms with Crippen LogP contribution in [-0.4, -0.2) is 35.5 Å². The molecule has 0 bridgehead atoms. The molecule has 1 aromatic heterocycles. The van der Waals surface area contributed by atoms with Crippen LogP contribution in [0.1, 0.15) is 19.4 Å². The molecule has 1 N–H and O–H groups in total. The largest absolute Gasteiger partial charge is 0.373 e. The summed E-state index contributed by atoms with van der Waals surface area (Å²) in [7, 11) is 0. The molecule has 0 radical (unpaired) electrons. The average molecular weight is 259 g/mol. The summed E-state index contributed by atoms with van der Waals surface area (Å²) < 4.78 is 3.93. The predicted molar refractivity (Wildman–Crippen MR) is 68.1 cm³/mol. The molecule has 0 aliphatic heterocycles. The summed E-state index contributed by atoms with van der Waals surface area (Å²) in [6.45, 7) is 8.09. The zero-order chi connectivity index (χ0) is 12.0. The summed E-state index contributed by atoms with van der Waals surface area (Å²) in [4.78, 5) is 2.31. The van der Waals surface area contributed by atoms with Crippen LogP contribution >= 0.6 is 23.1 Å². The lowest BCUT2D eigenvalue weighted by Crippen LogP contribution is -2.28. The van der Waals surface area contributed by atoms with Gasteiger partial charge in [0.05, 0.1) is 0 Å². The van der Waals surface area contributed by atoms with Crippen LogP contribution < -0.4 is 5.32 Å².